The van der Waals surface area contributed by atoms with Crippen molar-refractivity contribution in [3.8, 4) is 0 Å². The SMILES string of the molecule is Cc1ccc(C(CN)N(C)CCN(C)C)s1. The predicted octanol–water partition coefficient (Wildman–Crippen LogP) is 1.55. The lowest BCUT2D eigenvalue weighted by Gasteiger charge is -2.27. The predicted molar refractivity (Wildman–Crippen MR) is 72.0 cm³/mol. The van der Waals surface area contributed by atoms with E-state index in [0.717, 1.165) is 13.1 Å². The molecule has 1 atom stereocenters. The maximum Gasteiger partial charge on any atom is 0.0562 e. The summed E-state index contributed by atoms with van der Waals surface area (Å²) in [6.07, 6.45) is 0. The summed E-state index contributed by atoms with van der Waals surface area (Å²) in [6.45, 7) is 4.94. The normalized spacial score (nSPS) is 13.7. The third-order valence-corrected chi connectivity index (χ3v) is 3.85. The van der Waals surface area contributed by atoms with Crippen LogP contribution in [0.1, 0.15) is 15.8 Å². The zero-order valence-corrected chi connectivity index (χ0v) is 11.5. The summed E-state index contributed by atoms with van der Waals surface area (Å²) in [5, 5.41) is 0. The minimum absolute atomic E-state index is 0.360. The molecule has 0 saturated carbocycles. The number of thiophene rings is 1. The Morgan fingerprint density at radius 1 is 1.25 bits per heavy atom. The van der Waals surface area contributed by atoms with E-state index >= 15 is 0 Å². The lowest BCUT2D eigenvalue weighted by Crippen LogP contribution is -2.35. The van der Waals surface area contributed by atoms with Gasteiger partial charge < -0.3 is 10.6 Å². The Hall–Kier alpha value is -0.420. The minimum atomic E-state index is 0.360. The van der Waals surface area contributed by atoms with Gasteiger partial charge >= 0.3 is 0 Å². The van der Waals surface area contributed by atoms with Crippen molar-refractivity contribution < 1.29 is 0 Å². The molecule has 92 valence electrons. The first-order valence-corrected chi connectivity index (χ1v) is 6.47. The number of hydrogen-bond acceptors (Lipinski definition) is 4. The summed E-state index contributed by atoms with van der Waals surface area (Å²) in [7, 11) is 6.34. The topological polar surface area (TPSA) is 32.5 Å². The number of likely N-dealkylation sites (N-methyl/N-ethyl adjacent to an activating group) is 2. The lowest BCUT2D eigenvalue weighted by molar-refractivity contribution is 0.225. The molecule has 3 nitrogen and oxygen atoms in total. The Morgan fingerprint density at radius 2 is 1.94 bits per heavy atom. The molecule has 0 fully saturated rings. The Morgan fingerprint density at radius 3 is 2.38 bits per heavy atom. The van der Waals surface area contributed by atoms with Crippen molar-refractivity contribution in [2.75, 3.05) is 40.8 Å². The summed E-state index contributed by atoms with van der Waals surface area (Å²) in [4.78, 5) is 7.27. The van der Waals surface area contributed by atoms with Gasteiger partial charge in [0.2, 0.25) is 0 Å². The molecule has 0 amide bonds. The van der Waals surface area contributed by atoms with Gasteiger partial charge in [0.25, 0.3) is 0 Å². The number of hydrogen-bond donors (Lipinski definition) is 1. The van der Waals surface area contributed by atoms with E-state index in [1.807, 2.05) is 11.3 Å². The molecule has 0 bridgehead atoms. The van der Waals surface area contributed by atoms with Crippen molar-refractivity contribution >= 4 is 11.3 Å². The standard InChI is InChI=1S/C12H23N3S/c1-10-5-6-12(16-10)11(9-13)15(4)8-7-14(2)3/h5-6,11H,7-9,13H2,1-4H3. The summed E-state index contributed by atoms with van der Waals surface area (Å²) in [5.74, 6) is 0. The number of nitrogens with zero attached hydrogens (tertiary/aromatic N) is 2. The summed E-state index contributed by atoms with van der Waals surface area (Å²) in [5.41, 5.74) is 5.87. The van der Waals surface area contributed by atoms with E-state index in [4.69, 9.17) is 5.73 Å². The molecule has 16 heavy (non-hydrogen) atoms. The molecular weight excluding hydrogens is 218 g/mol. The third kappa shape index (κ3) is 3.87. The van der Waals surface area contributed by atoms with Gasteiger partial charge in [0, 0.05) is 29.4 Å². The fourth-order valence-corrected chi connectivity index (χ4v) is 2.72. The summed E-state index contributed by atoms with van der Waals surface area (Å²) < 4.78 is 0. The molecule has 1 aromatic rings. The molecule has 0 aliphatic carbocycles. The monoisotopic (exact) mass is 241 g/mol. The summed E-state index contributed by atoms with van der Waals surface area (Å²) in [6, 6.07) is 4.73. The van der Waals surface area contributed by atoms with Crippen molar-refractivity contribution in [2.45, 2.75) is 13.0 Å². The maximum absolute atomic E-state index is 5.87. The molecule has 4 heteroatoms. The molecule has 1 heterocycles. The van der Waals surface area contributed by atoms with Crippen molar-refractivity contribution in [2.24, 2.45) is 5.73 Å². The van der Waals surface area contributed by atoms with Crippen LogP contribution >= 0.6 is 11.3 Å². The van der Waals surface area contributed by atoms with Gasteiger partial charge in [0.15, 0.2) is 0 Å². The zero-order valence-electron chi connectivity index (χ0n) is 10.7. The smallest absolute Gasteiger partial charge is 0.0562 e. The molecule has 0 radical (unpaired) electrons. The number of nitrogens with two attached hydrogens (primary N) is 1. The molecule has 0 spiro atoms. The van der Waals surface area contributed by atoms with Crippen LogP contribution < -0.4 is 5.73 Å². The average molecular weight is 241 g/mol. The first kappa shape index (κ1) is 13.6. The zero-order chi connectivity index (χ0) is 12.1. The van der Waals surface area contributed by atoms with Gasteiger partial charge in [0.1, 0.15) is 0 Å². The van der Waals surface area contributed by atoms with Gasteiger partial charge in [-0.05, 0) is 40.2 Å². The first-order chi connectivity index (χ1) is 7.54. The fraction of sp³-hybridized carbons (Fsp3) is 0.667. The van der Waals surface area contributed by atoms with Gasteiger partial charge in [-0.2, -0.15) is 0 Å². The van der Waals surface area contributed by atoms with Crippen LogP contribution in [-0.2, 0) is 0 Å². The number of rotatable bonds is 6. The van der Waals surface area contributed by atoms with Crippen LogP contribution in [0.15, 0.2) is 12.1 Å². The number of aryl methyl sites for hydroxylation is 1. The minimum Gasteiger partial charge on any atom is -0.329 e. The Balaban J connectivity index is 2.59. The highest BCUT2D eigenvalue weighted by Gasteiger charge is 2.16. The van der Waals surface area contributed by atoms with Crippen LogP contribution in [0.5, 0.6) is 0 Å². The van der Waals surface area contributed by atoms with Crippen LogP contribution in [0.2, 0.25) is 0 Å². The lowest BCUT2D eigenvalue weighted by atomic mass is 10.2. The van der Waals surface area contributed by atoms with Gasteiger partial charge in [0.05, 0.1) is 6.04 Å². The third-order valence-electron chi connectivity index (χ3n) is 2.74. The van der Waals surface area contributed by atoms with Crippen LogP contribution in [0.4, 0.5) is 0 Å². The molecule has 2 N–H and O–H groups in total. The molecule has 1 aromatic heterocycles. The quantitative estimate of drug-likeness (QED) is 0.820. The van der Waals surface area contributed by atoms with Crippen molar-refractivity contribution in [3.05, 3.63) is 21.9 Å². The van der Waals surface area contributed by atoms with Crippen LogP contribution in [0.3, 0.4) is 0 Å². The van der Waals surface area contributed by atoms with Crippen molar-refractivity contribution in [1.82, 2.24) is 9.80 Å². The first-order valence-electron chi connectivity index (χ1n) is 5.66. The highest BCUT2D eigenvalue weighted by molar-refractivity contribution is 7.12. The maximum atomic E-state index is 5.87. The van der Waals surface area contributed by atoms with Crippen LogP contribution in [-0.4, -0.2) is 50.6 Å². The van der Waals surface area contributed by atoms with E-state index in [2.05, 4.69) is 50.0 Å². The Labute approximate surface area is 103 Å². The average Bonchev–Trinajstić information content (AvgIpc) is 2.63. The Kier molecular flexibility index (Phi) is 5.41. The van der Waals surface area contributed by atoms with Crippen LogP contribution in [0.25, 0.3) is 0 Å². The Bertz CT molecular complexity index is 309. The highest BCUT2D eigenvalue weighted by atomic mass is 32.1. The second kappa shape index (κ2) is 6.35. The second-order valence-electron chi connectivity index (χ2n) is 4.48. The molecule has 0 saturated heterocycles. The molecule has 0 aromatic carbocycles. The van der Waals surface area contributed by atoms with Gasteiger partial charge in [-0.25, -0.2) is 0 Å². The molecule has 0 aliphatic heterocycles. The van der Waals surface area contributed by atoms with Gasteiger partial charge in [-0.15, -0.1) is 11.3 Å². The van der Waals surface area contributed by atoms with Gasteiger partial charge in [-0.1, -0.05) is 0 Å². The van der Waals surface area contributed by atoms with E-state index in [9.17, 15) is 0 Å². The van der Waals surface area contributed by atoms with Crippen molar-refractivity contribution in [1.29, 1.82) is 0 Å². The highest BCUT2D eigenvalue weighted by Crippen LogP contribution is 2.25. The van der Waals surface area contributed by atoms with E-state index in [1.165, 1.54) is 9.75 Å². The van der Waals surface area contributed by atoms with E-state index in [1.54, 1.807) is 0 Å². The molecular formula is C12H23N3S. The molecule has 1 rings (SSSR count). The van der Waals surface area contributed by atoms with E-state index in [0.29, 0.717) is 12.6 Å². The second-order valence-corrected chi connectivity index (χ2v) is 5.80. The van der Waals surface area contributed by atoms with Crippen LogP contribution in [0, 0.1) is 6.92 Å². The molecule has 0 aliphatic rings. The van der Waals surface area contributed by atoms with E-state index < -0.39 is 0 Å². The van der Waals surface area contributed by atoms with Gasteiger partial charge in [-0.3, -0.25) is 4.90 Å². The fourth-order valence-electron chi connectivity index (χ4n) is 1.66. The summed E-state index contributed by atoms with van der Waals surface area (Å²) >= 11 is 1.85. The van der Waals surface area contributed by atoms with E-state index in [-0.39, 0.29) is 0 Å². The van der Waals surface area contributed by atoms with Crippen molar-refractivity contribution in [3.63, 3.8) is 0 Å². The molecule has 1 unspecified atom stereocenters. The largest absolute Gasteiger partial charge is 0.329 e.